The molecule has 314 valence electrons. The fourth-order valence-corrected chi connectivity index (χ4v) is 10.6. The first-order chi connectivity index (χ1) is 29.8. The molecule has 2 aliphatic heterocycles. The molecule has 4 aliphatic rings. The molecule has 2 aliphatic carbocycles. The third-order valence-electron chi connectivity index (χ3n) is 13.6. The SMILES string of the molecule is Cc1cncn1CCC1=Cc2cccnc2C(C2CCN(C)CC2)c2ccc(Cl)cc21.Cc1cncn1CCC1=Cc2cccnc2C(C2CCNCC2)c2ccc(Cl)cc21. The van der Waals surface area contributed by atoms with Crippen LogP contribution < -0.4 is 5.32 Å². The Morgan fingerprint density at radius 3 is 1.57 bits per heavy atom. The highest BCUT2D eigenvalue weighted by Crippen LogP contribution is 2.47. The van der Waals surface area contributed by atoms with Crippen LogP contribution in [0.2, 0.25) is 10.0 Å². The van der Waals surface area contributed by atoms with Crippen LogP contribution in [0.15, 0.2) is 98.1 Å². The predicted molar refractivity (Wildman–Crippen MR) is 250 cm³/mol. The normalized spacial score (nSPS) is 19.2. The summed E-state index contributed by atoms with van der Waals surface area (Å²) in [5.41, 5.74) is 15.3. The highest BCUT2D eigenvalue weighted by atomic mass is 35.5. The van der Waals surface area contributed by atoms with Crippen molar-refractivity contribution >= 4 is 46.5 Å². The van der Waals surface area contributed by atoms with E-state index in [0.29, 0.717) is 23.7 Å². The number of benzene rings is 2. The molecule has 2 atom stereocenters. The zero-order valence-corrected chi connectivity index (χ0v) is 37.1. The van der Waals surface area contributed by atoms with E-state index in [2.05, 4.69) is 111 Å². The molecule has 0 saturated carbocycles. The molecule has 1 N–H and O–H groups in total. The van der Waals surface area contributed by atoms with Crippen molar-refractivity contribution < 1.29 is 0 Å². The van der Waals surface area contributed by atoms with Gasteiger partial charge < -0.3 is 19.4 Å². The third-order valence-corrected chi connectivity index (χ3v) is 14.0. The van der Waals surface area contributed by atoms with Crippen molar-refractivity contribution in [1.29, 1.82) is 0 Å². The lowest BCUT2D eigenvalue weighted by Gasteiger charge is -2.35. The minimum Gasteiger partial charge on any atom is -0.335 e. The number of fused-ring (bicyclic) bond motifs is 4. The third kappa shape index (κ3) is 9.05. The second-order valence-electron chi connectivity index (χ2n) is 17.4. The van der Waals surface area contributed by atoms with E-state index < -0.39 is 0 Å². The van der Waals surface area contributed by atoms with Crippen LogP contribution in [0.1, 0.15) is 107 Å². The van der Waals surface area contributed by atoms with Crippen molar-refractivity contribution in [3.63, 3.8) is 0 Å². The molecule has 2 unspecified atom stereocenters. The maximum atomic E-state index is 6.52. The Morgan fingerprint density at radius 1 is 0.639 bits per heavy atom. The monoisotopic (exact) mass is 850 g/mol. The van der Waals surface area contributed by atoms with E-state index >= 15 is 0 Å². The largest absolute Gasteiger partial charge is 0.335 e. The molecule has 0 bridgehead atoms. The Bertz CT molecular complexity index is 2540. The summed E-state index contributed by atoms with van der Waals surface area (Å²) in [7, 11) is 2.22. The highest BCUT2D eigenvalue weighted by molar-refractivity contribution is 6.31. The van der Waals surface area contributed by atoms with Gasteiger partial charge in [0.1, 0.15) is 0 Å². The van der Waals surface area contributed by atoms with Crippen LogP contribution in [0.3, 0.4) is 0 Å². The van der Waals surface area contributed by atoms with Gasteiger partial charge >= 0.3 is 0 Å². The zero-order valence-electron chi connectivity index (χ0n) is 35.6. The Labute approximate surface area is 370 Å². The fourth-order valence-electron chi connectivity index (χ4n) is 10.2. The minimum atomic E-state index is 0.305. The molecule has 6 heterocycles. The summed E-state index contributed by atoms with van der Waals surface area (Å²) < 4.78 is 4.43. The van der Waals surface area contributed by atoms with E-state index in [9.17, 15) is 0 Å². The lowest BCUT2D eigenvalue weighted by molar-refractivity contribution is 0.206. The number of likely N-dealkylation sites (tertiary alicyclic amines) is 1. The molecule has 10 rings (SSSR count). The van der Waals surface area contributed by atoms with Gasteiger partial charge in [0.25, 0.3) is 0 Å². The second-order valence-corrected chi connectivity index (χ2v) is 18.3. The van der Waals surface area contributed by atoms with Gasteiger partial charge in [-0.2, -0.15) is 0 Å². The van der Waals surface area contributed by atoms with Crippen LogP contribution >= 0.6 is 23.2 Å². The van der Waals surface area contributed by atoms with Crippen molar-refractivity contribution in [1.82, 2.24) is 39.3 Å². The molecule has 2 aromatic carbocycles. The molecule has 0 amide bonds. The Morgan fingerprint density at radius 2 is 1.11 bits per heavy atom. The number of hydrogen-bond donors (Lipinski definition) is 1. The van der Waals surface area contributed by atoms with Gasteiger partial charge in [0.05, 0.1) is 24.0 Å². The summed E-state index contributed by atoms with van der Waals surface area (Å²) in [4.78, 5) is 20.8. The zero-order chi connectivity index (χ0) is 41.9. The van der Waals surface area contributed by atoms with Crippen LogP contribution in [0.4, 0.5) is 0 Å². The van der Waals surface area contributed by atoms with Gasteiger partial charge in [-0.15, -0.1) is 0 Å². The smallest absolute Gasteiger partial charge is 0.0948 e. The van der Waals surface area contributed by atoms with Crippen molar-refractivity contribution in [3.8, 4) is 0 Å². The molecule has 2 saturated heterocycles. The molecule has 2 fully saturated rings. The average molecular weight is 852 g/mol. The molecule has 8 nitrogen and oxygen atoms in total. The van der Waals surface area contributed by atoms with Gasteiger partial charge in [-0.05, 0) is 191 Å². The first-order valence-electron chi connectivity index (χ1n) is 22.0. The number of nitrogens with zero attached hydrogens (tertiary/aromatic N) is 7. The van der Waals surface area contributed by atoms with Crippen molar-refractivity contribution in [2.45, 2.75) is 77.3 Å². The van der Waals surface area contributed by atoms with Gasteiger partial charge in [0.15, 0.2) is 0 Å². The number of nitrogens with one attached hydrogen (secondary N) is 1. The maximum absolute atomic E-state index is 6.52. The standard InChI is InChI=1S/C26H29ClN4.C25H27ClN4/c1-18-16-28-17-31(18)13-9-20-14-21-4-3-10-29-26(21)25(19-7-11-30(2)12-8-19)23-6-5-22(27)15-24(20)23;1-17-15-28-16-30(17)12-8-19-13-20-3-2-9-29-25(20)24(18-6-10-27-11-7-18)22-5-4-21(26)14-23(19)22/h3-6,10,14-17,19,25H,7-9,11-13H2,1-2H3;2-5,9,13-16,18,24,27H,6-8,10-12H2,1H3. The van der Waals surface area contributed by atoms with Crippen molar-refractivity contribution in [2.24, 2.45) is 11.8 Å². The number of allylic oxidation sites excluding steroid dienone is 2. The number of aryl methyl sites for hydroxylation is 4. The van der Waals surface area contributed by atoms with Gasteiger partial charge in [-0.3, -0.25) is 9.97 Å². The van der Waals surface area contributed by atoms with Crippen LogP contribution in [0.5, 0.6) is 0 Å². The first-order valence-corrected chi connectivity index (χ1v) is 22.8. The van der Waals surface area contributed by atoms with Gasteiger partial charge in [0.2, 0.25) is 0 Å². The topological polar surface area (TPSA) is 76.7 Å². The van der Waals surface area contributed by atoms with Crippen LogP contribution in [0.25, 0.3) is 23.3 Å². The molecule has 4 aromatic heterocycles. The molecule has 61 heavy (non-hydrogen) atoms. The van der Waals surface area contributed by atoms with Gasteiger partial charge in [-0.25, -0.2) is 9.97 Å². The van der Waals surface area contributed by atoms with Gasteiger partial charge in [-0.1, -0.05) is 47.5 Å². The summed E-state index contributed by atoms with van der Waals surface area (Å²) in [5, 5.41) is 5.10. The van der Waals surface area contributed by atoms with E-state index in [1.807, 2.05) is 49.6 Å². The van der Waals surface area contributed by atoms with E-state index in [1.165, 1.54) is 93.0 Å². The number of rotatable bonds is 8. The number of halogens is 2. The van der Waals surface area contributed by atoms with E-state index in [0.717, 1.165) is 62.2 Å². The quantitative estimate of drug-likeness (QED) is 0.164. The predicted octanol–water partition coefficient (Wildman–Crippen LogP) is 11.0. The summed E-state index contributed by atoms with van der Waals surface area (Å²) in [6.45, 7) is 10.5. The number of piperidine rings is 2. The lowest BCUT2D eigenvalue weighted by Crippen LogP contribution is -2.33. The van der Waals surface area contributed by atoms with E-state index in [1.54, 1.807) is 0 Å². The Balaban J connectivity index is 0.000000156. The second kappa shape index (κ2) is 18.6. The molecule has 0 radical (unpaired) electrons. The Hall–Kier alpha value is -4.86. The number of imidazole rings is 2. The van der Waals surface area contributed by atoms with Gasteiger partial charge in [0, 0.05) is 71.1 Å². The Kier molecular flexibility index (Phi) is 12.7. The molecular weight excluding hydrogens is 796 g/mol. The van der Waals surface area contributed by atoms with E-state index in [-0.39, 0.29) is 0 Å². The van der Waals surface area contributed by atoms with Crippen LogP contribution in [-0.2, 0) is 13.1 Å². The summed E-state index contributed by atoms with van der Waals surface area (Å²) in [5.74, 6) is 1.79. The van der Waals surface area contributed by atoms with Crippen LogP contribution in [-0.4, -0.2) is 67.2 Å². The number of hydrogen-bond acceptors (Lipinski definition) is 6. The van der Waals surface area contributed by atoms with Crippen molar-refractivity contribution in [3.05, 3.63) is 164 Å². The number of aromatic nitrogens is 6. The van der Waals surface area contributed by atoms with Crippen molar-refractivity contribution in [2.75, 3.05) is 33.2 Å². The molecular formula is C51H56Cl2N8. The summed E-state index contributed by atoms with van der Waals surface area (Å²) >= 11 is 13.0. The number of pyridine rings is 2. The summed E-state index contributed by atoms with van der Waals surface area (Å²) in [6, 6.07) is 21.4. The maximum Gasteiger partial charge on any atom is 0.0948 e. The highest BCUT2D eigenvalue weighted by Gasteiger charge is 2.35. The molecule has 10 heteroatoms. The fraction of sp³-hybridized carbons (Fsp3) is 0.373. The van der Waals surface area contributed by atoms with Crippen LogP contribution in [0, 0.1) is 25.7 Å². The molecule has 0 spiro atoms. The summed E-state index contributed by atoms with van der Waals surface area (Å²) in [6.07, 6.45) is 22.8. The average Bonchev–Trinajstić information content (AvgIpc) is 3.82. The first kappa shape index (κ1) is 41.5. The lowest BCUT2D eigenvalue weighted by atomic mass is 9.76. The minimum absolute atomic E-state index is 0.305. The molecule has 6 aromatic rings. The van der Waals surface area contributed by atoms with E-state index in [4.69, 9.17) is 33.2 Å².